The molecular formula is C17H23ClN4O. The Morgan fingerprint density at radius 3 is 2.70 bits per heavy atom. The van der Waals surface area contributed by atoms with Crippen molar-refractivity contribution in [1.82, 2.24) is 15.1 Å². The van der Waals surface area contributed by atoms with Gasteiger partial charge in [0, 0.05) is 24.7 Å². The Labute approximate surface area is 142 Å². The van der Waals surface area contributed by atoms with E-state index in [0.717, 1.165) is 17.7 Å². The van der Waals surface area contributed by atoms with Gasteiger partial charge < -0.3 is 10.6 Å². The third kappa shape index (κ3) is 3.57. The molecule has 1 fully saturated rings. The molecule has 23 heavy (non-hydrogen) atoms. The summed E-state index contributed by atoms with van der Waals surface area (Å²) in [6.07, 6.45) is 0.832. The van der Waals surface area contributed by atoms with Crippen molar-refractivity contribution in [2.45, 2.75) is 26.3 Å². The summed E-state index contributed by atoms with van der Waals surface area (Å²) in [6.45, 7) is 5.59. The second-order valence-corrected chi connectivity index (χ2v) is 6.64. The van der Waals surface area contributed by atoms with Crippen molar-refractivity contribution in [2.75, 3.05) is 13.1 Å². The Kier molecular flexibility index (Phi) is 5.12. The Bertz CT molecular complexity index is 668. The van der Waals surface area contributed by atoms with Crippen molar-refractivity contribution < 1.29 is 4.79 Å². The Hall–Kier alpha value is -1.85. The number of hydrogen-bond donors (Lipinski definition) is 2. The number of hydrogen-bond acceptors (Lipinski definition) is 3. The molecule has 1 amide bonds. The molecular weight excluding hydrogens is 312 g/mol. The van der Waals surface area contributed by atoms with E-state index in [4.69, 9.17) is 5.73 Å². The second kappa shape index (κ2) is 6.72. The minimum absolute atomic E-state index is 0. The molecule has 2 aromatic rings. The summed E-state index contributed by atoms with van der Waals surface area (Å²) in [7, 11) is 0. The van der Waals surface area contributed by atoms with Crippen LogP contribution in [-0.4, -0.2) is 40.1 Å². The van der Waals surface area contributed by atoms with E-state index in [2.05, 4.69) is 24.0 Å². The summed E-state index contributed by atoms with van der Waals surface area (Å²) in [5.74, 6) is -0.00495. The maximum atomic E-state index is 12.7. The van der Waals surface area contributed by atoms with Gasteiger partial charge in [-0.15, -0.1) is 12.4 Å². The quantitative estimate of drug-likeness (QED) is 0.886. The van der Waals surface area contributed by atoms with E-state index >= 15 is 0 Å². The van der Waals surface area contributed by atoms with Crippen LogP contribution in [0.1, 0.15) is 30.8 Å². The number of H-pyrrole nitrogens is 1. The van der Waals surface area contributed by atoms with E-state index in [0.29, 0.717) is 18.8 Å². The highest BCUT2D eigenvalue weighted by Crippen LogP contribution is 2.28. The first kappa shape index (κ1) is 17.5. The number of carbonyl (C=O) groups excluding carboxylic acids is 1. The largest absolute Gasteiger partial charge is 0.337 e. The Balaban J connectivity index is 0.00000192. The average molecular weight is 335 g/mol. The number of aromatic nitrogens is 2. The monoisotopic (exact) mass is 334 g/mol. The molecule has 1 aliphatic rings. The van der Waals surface area contributed by atoms with Crippen LogP contribution < -0.4 is 5.73 Å². The minimum Gasteiger partial charge on any atom is -0.337 e. The molecule has 6 heteroatoms. The van der Waals surface area contributed by atoms with Crippen LogP contribution in [-0.2, 0) is 0 Å². The molecule has 1 aliphatic heterocycles. The van der Waals surface area contributed by atoms with Crippen LogP contribution in [0.3, 0.4) is 0 Å². The topological polar surface area (TPSA) is 75.0 Å². The summed E-state index contributed by atoms with van der Waals surface area (Å²) in [5, 5.41) is 7.12. The predicted octanol–water partition coefficient (Wildman–Crippen LogP) is 2.70. The third-order valence-electron chi connectivity index (χ3n) is 4.48. The van der Waals surface area contributed by atoms with Gasteiger partial charge in [0.15, 0.2) is 0 Å². The van der Waals surface area contributed by atoms with Gasteiger partial charge in [-0.05, 0) is 17.9 Å². The molecule has 0 radical (unpaired) electrons. The second-order valence-electron chi connectivity index (χ2n) is 6.64. The number of rotatable bonds is 2. The van der Waals surface area contributed by atoms with Crippen LogP contribution in [0.15, 0.2) is 36.4 Å². The number of halogens is 1. The Morgan fingerprint density at radius 1 is 1.35 bits per heavy atom. The predicted molar refractivity (Wildman–Crippen MR) is 93.5 cm³/mol. The number of benzene rings is 1. The first-order chi connectivity index (χ1) is 10.5. The van der Waals surface area contributed by atoms with Crippen LogP contribution in [0, 0.1) is 5.41 Å². The zero-order valence-electron chi connectivity index (χ0n) is 13.5. The zero-order chi connectivity index (χ0) is 15.7. The van der Waals surface area contributed by atoms with Crippen molar-refractivity contribution in [3.63, 3.8) is 0 Å². The number of nitrogens with one attached hydrogen (secondary N) is 1. The van der Waals surface area contributed by atoms with Crippen molar-refractivity contribution >= 4 is 18.3 Å². The molecule has 0 bridgehead atoms. The van der Waals surface area contributed by atoms with Gasteiger partial charge >= 0.3 is 0 Å². The fourth-order valence-corrected chi connectivity index (χ4v) is 2.91. The van der Waals surface area contributed by atoms with Gasteiger partial charge in [-0.3, -0.25) is 9.89 Å². The summed E-state index contributed by atoms with van der Waals surface area (Å²) in [6, 6.07) is 11.8. The van der Waals surface area contributed by atoms with E-state index < -0.39 is 0 Å². The molecule has 1 saturated heterocycles. The lowest BCUT2D eigenvalue weighted by Gasteiger charge is -2.42. The van der Waals surface area contributed by atoms with Gasteiger partial charge in [0.25, 0.3) is 5.91 Å². The summed E-state index contributed by atoms with van der Waals surface area (Å²) >= 11 is 0. The summed E-state index contributed by atoms with van der Waals surface area (Å²) in [5.41, 5.74) is 8.40. The van der Waals surface area contributed by atoms with Crippen LogP contribution in [0.2, 0.25) is 0 Å². The molecule has 0 aliphatic carbocycles. The van der Waals surface area contributed by atoms with E-state index in [-0.39, 0.29) is 29.8 Å². The lowest BCUT2D eigenvalue weighted by molar-refractivity contribution is 0.0527. The van der Waals surface area contributed by atoms with Gasteiger partial charge in [-0.1, -0.05) is 44.2 Å². The highest BCUT2D eigenvalue weighted by molar-refractivity contribution is 5.93. The van der Waals surface area contributed by atoms with E-state index in [9.17, 15) is 4.79 Å². The number of nitrogens with two attached hydrogens (primary N) is 1. The van der Waals surface area contributed by atoms with E-state index in [1.807, 2.05) is 41.3 Å². The average Bonchev–Trinajstić information content (AvgIpc) is 3.00. The summed E-state index contributed by atoms with van der Waals surface area (Å²) in [4.78, 5) is 14.5. The van der Waals surface area contributed by atoms with Crippen molar-refractivity contribution in [1.29, 1.82) is 0 Å². The third-order valence-corrected chi connectivity index (χ3v) is 4.48. The van der Waals surface area contributed by atoms with Crippen molar-refractivity contribution in [3.05, 3.63) is 42.1 Å². The lowest BCUT2D eigenvalue weighted by Crippen LogP contribution is -2.54. The number of nitrogens with zero attached hydrogens (tertiary/aromatic N) is 2. The fraction of sp³-hybridized carbons (Fsp3) is 0.412. The molecule has 3 N–H and O–H groups in total. The lowest BCUT2D eigenvalue weighted by atomic mass is 9.79. The first-order valence-electron chi connectivity index (χ1n) is 7.63. The number of likely N-dealkylation sites (tertiary alicyclic amines) is 1. The highest BCUT2D eigenvalue weighted by Gasteiger charge is 2.35. The number of piperidine rings is 1. The van der Waals surface area contributed by atoms with Gasteiger partial charge in [0.1, 0.15) is 5.69 Å². The van der Waals surface area contributed by atoms with Crippen LogP contribution >= 0.6 is 12.4 Å². The number of carbonyl (C=O) groups is 1. The summed E-state index contributed by atoms with van der Waals surface area (Å²) < 4.78 is 0. The molecule has 1 atom stereocenters. The molecule has 3 rings (SSSR count). The smallest absolute Gasteiger partial charge is 0.271 e. The molecule has 0 saturated carbocycles. The maximum Gasteiger partial charge on any atom is 0.271 e. The molecule has 124 valence electrons. The van der Waals surface area contributed by atoms with Gasteiger partial charge in [-0.2, -0.15) is 5.10 Å². The number of amides is 1. The van der Waals surface area contributed by atoms with Crippen LogP contribution in [0.4, 0.5) is 0 Å². The Morgan fingerprint density at radius 2 is 2.04 bits per heavy atom. The molecule has 2 heterocycles. The van der Waals surface area contributed by atoms with Crippen molar-refractivity contribution in [2.24, 2.45) is 11.1 Å². The van der Waals surface area contributed by atoms with Gasteiger partial charge in [0.05, 0.1) is 5.69 Å². The van der Waals surface area contributed by atoms with Gasteiger partial charge in [-0.25, -0.2) is 0 Å². The SMILES string of the molecule is CC1(C)CN(C(=O)c2cc(-c3ccccc3)n[nH]2)CCC1N.Cl. The molecule has 1 aromatic heterocycles. The fourth-order valence-electron chi connectivity index (χ4n) is 2.91. The van der Waals surface area contributed by atoms with E-state index in [1.165, 1.54) is 0 Å². The molecule has 1 unspecified atom stereocenters. The first-order valence-corrected chi connectivity index (χ1v) is 7.63. The molecule has 0 spiro atoms. The zero-order valence-corrected chi connectivity index (χ0v) is 14.3. The van der Waals surface area contributed by atoms with Crippen molar-refractivity contribution in [3.8, 4) is 11.3 Å². The van der Waals surface area contributed by atoms with Gasteiger partial charge in [0.2, 0.25) is 0 Å². The molecule has 5 nitrogen and oxygen atoms in total. The highest BCUT2D eigenvalue weighted by atomic mass is 35.5. The van der Waals surface area contributed by atoms with Crippen LogP contribution in [0.5, 0.6) is 0 Å². The van der Waals surface area contributed by atoms with Crippen LogP contribution in [0.25, 0.3) is 11.3 Å². The maximum absolute atomic E-state index is 12.7. The minimum atomic E-state index is -0.0593. The molecule has 1 aromatic carbocycles. The normalized spacial score (nSPS) is 20.0. The number of aromatic amines is 1. The standard InChI is InChI=1S/C17H22N4O.ClH/c1-17(2)11-21(9-8-15(17)18)16(22)14-10-13(19-20-14)12-6-4-3-5-7-12;/h3-7,10,15H,8-9,11,18H2,1-2H3,(H,19,20);1H. The van der Waals surface area contributed by atoms with E-state index in [1.54, 1.807) is 0 Å².